The first kappa shape index (κ1) is 14.7. The molecule has 1 fully saturated rings. The number of thioether (sulfide) groups is 1. The Morgan fingerprint density at radius 1 is 1.43 bits per heavy atom. The Morgan fingerprint density at radius 2 is 2.24 bits per heavy atom. The molecule has 1 unspecified atom stereocenters. The van der Waals surface area contributed by atoms with Gasteiger partial charge in [-0.05, 0) is 37.8 Å². The van der Waals surface area contributed by atoms with Crippen molar-refractivity contribution in [1.82, 2.24) is 9.97 Å². The van der Waals surface area contributed by atoms with Crippen LogP contribution in [0.3, 0.4) is 0 Å². The molecule has 1 saturated carbocycles. The molecule has 1 atom stereocenters. The van der Waals surface area contributed by atoms with Crippen LogP contribution in [-0.4, -0.2) is 28.4 Å². The number of aromatic nitrogens is 2. The standard InChI is InChI=1S/C16H23N3OS/c1-2-20-12-7-8-14-15(9-12)19-16(18-14)21-10-13(17)11-5-3-4-6-11/h7-9,11,13H,2-6,10,17H2,1H3,(H,18,19). The normalized spacial score (nSPS) is 17.4. The molecule has 1 aliphatic carbocycles. The van der Waals surface area contributed by atoms with Crippen LogP contribution in [0.1, 0.15) is 32.6 Å². The average molecular weight is 305 g/mol. The number of nitrogens with one attached hydrogen (secondary N) is 1. The van der Waals surface area contributed by atoms with Crippen molar-refractivity contribution in [2.24, 2.45) is 11.7 Å². The summed E-state index contributed by atoms with van der Waals surface area (Å²) in [6.07, 6.45) is 5.26. The summed E-state index contributed by atoms with van der Waals surface area (Å²) in [5.41, 5.74) is 8.31. The minimum Gasteiger partial charge on any atom is -0.494 e. The van der Waals surface area contributed by atoms with E-state index in [0.29, 0.717) is 12.5 Å². The fourth-order valence-electron chi connectivity index (χ4n) is 2.99. The molecule has 2 aromatic rings. The molecule has 114 valence electrons. The Morgan fingerprint density at radius 3 is 3.00 bits per heavy atom. The van der Waals surface area contributed by atoms with Gasteiger partial charge in [-0.25, -0.2) is 4.98 Å². The molecule has 5 heteroatoms. The molecule has 1 aromatic carbocycles. The molecule has 3 rings (SSSR count). The van der Waals surface area contributed by atoms with Gasteiger partial charge in [-0.1, -0.05) is 24.6 Å². The molecule has 1 heterocycles. The lowest BCUT2D eigenvalue weighted by Crippen LogP contribution is -2.30. The van der Waals surface area contributed by atoms with Gasteiger partial charge in [-0.15, -0.1) is 0 Å². The summed E-state index contributed by atoms with van der Waals surface area (Å²) >= 11 is 1.73. The summed E-state index contributed by atoms with van der Waals surface area (Å²) in [5.74, 6) is 2.52. The van der Waals surface area contributed by atoms with Crippen LogP contribution >= 0.6 is 11.8 Å². The number of imidazole rings is 1. The van der Waals surface area contributed by atoms with Crippen molar-refractivity contribution in [3.8, 4) is 5.75 Å². The van der Waals surface area contributed by atoms with Crippen LogP contribution in [0.2, 0.25) is 0 Å². The van der Waals surface area contributed by atoms with Crippen molar-refractivity contribution < 1.29 is 4.74 Å². The van der Waals surface area contributed by atoms with Crippen molar-refractivity contribution in [1.29, 1.82) is 0 Å². The van der Waals surface area contributed by atoms with E-state index >= 15 is 0 Å². The lowest BCUT2D eigenvalue weighted by molar-refractivity contribution is 0.340. The first-order valence-electron chi connectivity index (χ1n) is 7.77. The minimum atomic E-state index is 0.282. The van der Waals surface area contributed by atoms with Crippen LogP contribution in [0.25, 0.3) is 11.0 Å². The van der Waals surface area contributed by atoms with Gasteiger partial charge in [0.1, 0.15) is 5.75 Å². The van der Waals surface area contributed by atoms with Crippen LogP contribution < -0.4 is 10.5 Å². The Labute approximate surface area is 129 Å². The van der Waals surface area contributed by atoms with Gasteiger partial charge in [0, 0.05) is 17.9 Å². The number of aromatic amines is 1. The number of benzene rings is 1. The number of H-pyrrole nitrogens is 1. The van der Waals surface area contributed by atoms with Crippen LogP contribution in [0, 0.1) is 5.92 Å². The summed E-state index contributed by atoms with van der Waals surface area (Å²) in [5, 5.41) is 0.951. The molecular weight excluding hydrogens is 282 g/mol. The van der Waals surface area contributed by atoms with Crippen molar-refractivity contribution in [3.63, 3.8) is 0 Å². The molecule has 0 spiro atoms. The number of nitrogens with zero attached hydrogens (tertiary/aromatic N) is 1. The maximum atomic E-state index is 6.30. The summed E-state index contributed by atoms with van der Waals surface area (Å²) in [6, 6.07) is 6.25. The van der Waals surface area contributed by atoms with E-state index in [1.54, 1.807) is 11.8 Å². The lowest BCUT2D eigenvalue weighted by Gasteiger charge is -2.17. The minimum absolute atomic E-state index is 0.282. The zero-order valence-corrected chi connectivity index (χ0v) is 13.3. The van der Waals surface area contributed by atoms with Crippen molar-refractivity contribution >= 4 is 22.8 Å². The highest BCUT2D eigenvalue weighted by Gasteiger charge is 2.22. The summed E-state index contributed by atoms with van der Waals surface area (Å²) in [6.45, 7) is 2.67. The Bertz CT molecular complexity index is 592. The van der Waals surface area contributed by atoms with E-state index in [2.05, 4.69) is 9.97 Å². The van der Waals surface area contributed by atoms with Crippen molar-refractivity contribution in [3.05, 3.63) is 18.2 Å². The number of nitrogens with two attached hydrogens (primary N) is 1. The Kier molecular flexibility index (Phi) is 4.70. The van der Waals surface area contributed by atoms with E-state index in [4.69, 9.17) is 10.5 Å². The number of hydrogen-bond donors (Lipinski definition) is 2. The summed E-state index contributed by atoms with van der Waals surface area (Å²) in [4.78, 5) is 7.97. The van der Waals surface area contributed by atoms with E-state index in [1.807, 2.05) is 25.1 Å². The number of hydrogen-bond acceptors (Lipinski definition) is 4. The molecular formula is C16H23N3OS. The van der Waals surface area contributed by atoms with Gasteiger partial charge < -0.3 is 15.5 Å². The zero-order valence-electron chi connectivity index (χ0n) is 12.5. The Hall–Kier alpha value is -1.20. The second kappa shape index (κ2) is 6.71. The predicted molar refractivity (Wildman–Crippen MR) is 87.9 cm³/mol. The second-order valence-electron chi connectivity index (χ2n) is 5.67. The number of ether oxygens (including phenoxy) is 1. The lowest BCUT2D eigenvalue weighted by atomic mass is 10.0. The highest BCUT2D eigenvalue weighted by atomic mass is 32.2. The van der Waals surface area contributed by atoms with Gasteiger partial charge in [-0.3, -0.25) is 0 Å². The third-order valence-electron chi connectivity index (χ3n) is 4.16. The van der Waals surface area contributed by atoms with Gasteiger partial charge in [0.2, 0.25) is 0 Å². The highest BCUT2D eigenvalue weighted by molar-refractivity contribution is 7.99. The first-order valence-corrected chi connectivity index (χ1v) is 8.75. The monoisotopic (exact) mass is 305 g/mol. The van der Waals surface area contributed by atoms with Crippen LogP contribution in [-0.2, 0) is 0 Å². The molecule has 4 nitrogen and oxygen atoms in total. The van der Waals surface area contributed by atoms with E-state index in [0.717, 1.165) is 27.7 Å². The van der Waals surface area contributed by atoms with Crippen LogP contribution in [0.4, 0.5) is 0 Å². The third kappa shape index (κ3) is 3.52. The molecule has 3 N–H and O–H groups in total. The number of rotatable bonds is 6. The van der Waals surface area contributed by atoms with E-state index < -0.39 is 0 Å². The summed E-state index contributed by atoms with van der Waals surface area (Å²) in [7, 11) is 0. The van der Waals surface area contributed by atoms with Gasteiger partial charge in [0.05, 0.1) is 17.6 Å². The number of fused-ring (bicyclic) bond motifs is 1. The van der Waals surface area contributed by atoms with Crippen LogP contribution in [0.5, 0.6) is 5.75 Å². The van der Waals surface area contributed by atoms with Crippen molar-refractivity contribution in [2.45, 2.75) is 43.8 Å². The smallest absolute Gasteiger partial charge is 0.166 e. The van der Waals surface area contributed by atoms with Gasteiger partial charge >= 0.3 is 0 Å². The Balaban J connectivity index is 1.63. The molecule has 0 saturated heterocycles. The largest absolute Gasteiger partial charge is 0.494 e. The van der Waals surface area contributed by atoms with Gasteiger partial charge in [-0.2, -0.15) is 0 Å². The van der Waals surface area contributed by atoms with Crippen LogP contribution in [0.15, 0.2) is 23.4 Å². The topological polar surface area (TPSA) is 63.9 Å². The molecule has 1 aliphatic rings. The van der Waals surface area contributed by atoms with Gasteiger partial charge in [0.15, 0.2) is 5.16 Å². The van der Waals surface area contributed by atoms with Crippen molar-refractivity contribution in [2.75, 3.05) is 12.4 Å². The maximum absolute atomic E-state index is 6.30. The molecule has 0 amide bonds. The highest BCUT2D eigenvalue weighted by Crippen LogP contribution is 2.30. The summed E-state index contributed by atoms with van der Waals surface area (Å²) < 4.78 is 5.51. The van der Waals surface area contributed by atoms with E-state index in [1.165, 1.54) is 25.7 Å². The van der Waals surface area contributed by atoms with E-state index in [9.17, 15) is 0 Å². The fourth-order valence-corrected chi connectivity index (χ4v) is 3.95. The van der Waals surface area contributed by atoms with Gasteiger partial charge in [0.25, 0.3) is 0 Å². The zero-order chi connectivity index (χ0) is 14.7. The third-order valence-corrected chi connectivity index (χ3v) is 5.18. The predicted octanol–water partition coefficient (Wildman–Crippen LogP) is 3.57. The first-order chi connectivity index (χ1) is 10.3. The fraction of sp³-hybridized carbons (Fsp3) is 0.562. The quantitative estimate of drug-likeness (QED) is 0.801. The molecule has 0 bridgehead atoms. The molecule has 0 radical (unpaired) electrons. The average Bonchev–Trinajstić information content (AvgIpc) is 3.13. The molecule has 0 aliphatic heterocycles. The SMILES string of the molecule is CCOc1ccc2nc(SCC(N)C3CCCC3)[nH]c2c1. The van der Waals surface area contributed by atoms with E-state index in [-0.39, 0.29) is 6.04 Å². The second-order valence-corrected chi connectivity index (χ2v) is 6.68. The molecule has 1 aromatic heterocycles. The molecule has 21 heavy (non-hydrogen) atoms. The maximum Gasteiger partial charge on any atom is 0.166 e.